The lowest BCUT2D eigenvalue weighted by atomic mass is 9.93. The summed E-state index contributed by atoms with van der Waals surface area (Å²) in [7, 11) is -17.2. The molecule has 0 radical (unpaired) electrons. The molecule has 17 nitrogen and oxygen atoms in total. The first-order valence-corrected chi connectivity index (χ1v) is 12.8. The molecule has 0 saturated carbocycles. The summed E-state index contributed by atoms with van der Waals surface area (Å²) in [5, 5.41) is 20.8. The summed E-state index contributed by atoms with van der Waals surface area (Å²) in [6, 6.07) is 0. The van der Waals surface area contributed by atoms with Gasteiger partial charge in [0.25, 0.3) is 0 Å². The molecular formula is C11H18F2N3O14P3. The second-order valence-corrected chi connectivity index (χ2v) is 11.0. The van der Waals surface area contributed by atoms with E-state index in [1.807, 2.05) is 0 Å². The smallest absolute Gasteiger partial charge is 0.387 e. The van der Waals surface area contributed by atoms with Crippen LogP contribution in [0.15, 0.2) is 11.0 Å². The molecule has 3 unspecified atom stereocenters. The van der Waals surface area contributed by atoms with E-state index in [9.17, 15) is 42.4 Å². The van der Waals surface area contributed by atoms with Crippen molar-refractivity contribution in [2.45, 2.75) is 37.1 Å². The average Bonchev–Trinajstić information content (AvgIpc) is 2.87. The summed E-state index contributed by atoms with van der Waals surface area (Å²) in [6.07, 6.45) is -7.96. The molecule has 7 atom stereocenters. The lowest BCUT2D eigenvalue weighted by molar-refractivity contribution is -0.122. The number of aliphatic hydroxyl groups excluding tert-OH is 1. The van der Waals surface area contributed by atoms with Crippen molar-refractivity contribution in [3.63, 3.8) is 0 Å². The molecule has 0 bridgehead atoms. The van der Waals surface area contributed by atoms with Crippen molar-refractivity contribution in [3.8, 4) is 0 Å². The Bertz CT molecular complexity index is 1100. The van der Waals surface area contributed by atoms with Crippen LogP contribution in [0.1, 0.15) is 13.2 Å². The molecule has 1 fully saturated rings. The largest absolute Gasteiger partial charge is 0.490 e. The number of ether oxygens (including phenoxy) is 1. The second-order valence-electron chi connectivity index (χ2n) is 6.59. The van der Waals surface area contributed by atoms with E-state index in [2.05, 4.69) is 18.1 Å². The highest BCUT2D eigenvalue weighted by Crippen LogP contribution is 2.66. The lowest BCUT2D eigenvalue weighted by Crippen LogP contribution is -2.51. The van der Waals surface area contributed by atoms with E-state index >= 15 is 0 Å². The van der Waals surface area contributed by atoms with Gasteiger partial charge in [-0.2, -0.15) is 13.6 Å². The van der Waals surface area contributed by atoms with Gasteiger partial charge in [0.15, 0.2) is 23.5 Å². The number of halogens is 2. The molecule has 0 amide bonds. The van der Waals surface area contributed by atoms with E-state index in [0.717, 1.165) is 6.92 Å². The zero-order valence-electron chi connectivity index (χ0n) is 16.1. The van der Waals surface area contributed by atoms with Crippen LogP contribution in [0.3, 0.4) is 0 Å². The van der Waals surface area contributed by atoms with Gasteiger partial charge in [0.1, 0.15) is 18.9 Å². The maximum absolute atomic E-state index is 13.7. The van der Waals surface area contributed by atoms with Crippen molar-refractivity contribution in [3.05, 3.63) is 22.5 Å². The van der Waals surface area contributed by atoms with E-state index in [0.29, 0.717) is 6.20 Å². The highest BCUT2D eigenvalue weighted by molar-refractivity contribution is 7.66. The van der Waals surface area contributed by atoms with E-state index in [-0.39, 0.29) is 4.57 Å². The van der Waals surface area contributed by atoms with Crippen LogP contribution in [0.4, 0.5) is 14.6 Å². The van der Waals surface area contributed by atoms with Crippen molar-refractivity contribution < 1.29 is 70.1 Å². The first kappa shape index (κ1) is 28.1. The molecule has 0 spiro atoms. The van der Waals surface area contributed by atoms with Gasteiger partial charge in [-0.25, -0.2) is 27.3 Å². The molecule has 8 N–H and O–H groups in total. The summed E-state index contributed by atoms with van der Waals surface area (Å²) < 4.78 is 78.3. The van der Waals surface area contributed by atoms with Crippen molar-refractivity contribution >= 4 is 29.3 Å². The summed E-state index contributed by atoms with van der Waals surface area (Å²) in [6.45, 7) is -0.937. The van der Waals surface area contributed by atoms with Crippen LogP contribution in [0.25, 0.3) is 0 Å². The standard InChI is InChI=1S/C11H18F2N3O14P3/c1-4(28-32(23,24)30-33(25,26)29-31(20,21)22)6-7(17)11(19,3-12)9(27-6)16-2-5(13)8(14)15-10(16)18/h2,4,6-7,9,17,19H,3H2,1H3,(H,23,24)(H,25,26)(H2,14,15,18)(H2,20,21,22)/t4-,6-,7+,9-,11?/m1/s1. The number of nitrogens with two attached hydrogens (primary N) is 1. The number of phosphoric acid groups is 3. The number of hydrogen-bond acceptors (Lipinski definition) is 12. The molecule has 190 valence electrons. The number of nitrogens with zero attached hydrogens (tertiary/aromatic N) is 2. The quantitative estimate of drug-likeness (QED) is 0.176. The Balaban J connectivity index is 2.29. The minimum atomic E-state index is -5.87. The fourth-order valence-electron chi connectivity index (χ4n) is 2.79. The first-order chi connectivity index (χ1) is 14.8. The van der Waals surface area contributed by atoms with Crippen molar-refractivity contribution in [2.24, 2.45) is 0 Å². The lowest BCUT2D eigenvalue weighted by Gasteiger charge is -2.29. The highest BCUT2D eigenvalue weighted by Gasteiger charge is 2.59. The number of rotatable bonds is 9. The first-order valence-electron chi connectivity index (χ1n) is 8.30. The number of aromatic nitrogens is 2. The molecule has 1 aromatic heterocycles. The van der Waals surface area contributed by atoms with Gasteiger partial charge in [-0.3, -0.25) is 9.09 Å². The fraction of sp³-hybridized carbons (Fsp3) is 0.636. The number of phosphoric ester groups is 1. The van der Waals surface area contributed by atoms with Gasteiger partial charge in [0, 0.05) is 0 Å². The van der Waals surface area contributed by atoms with Gasteiger partial charge in [0.2, 0.25) is 0 Å². The molecule has 2 rings (SSSR count). The average molecular weight is 547 g/mol. The van der Waals surface area contributed by atoms with Crippen LogP contribution in [0.5, 0.6) is 0 Å². The molecule has 0 aliphatic carbocycles. The van der Waals surface area contributed by atoms with E-state index < -0.39 is 77.6 Å². The summed E-state index contributed by atoms with van der Waals surface area (Å²) in [5.41, 5.74) is 0.842. The van der Waals surface area contributed by atoms with Crippen LogP contribution >= 0.6 is 23.5 Å². The number of nitrogen functional groups attached to an aromatic ring is 1. The SMILES string of the molecule is C[C@@H](OP(=O)(O)OP(=O)(O)OP(=O)(O)O)[C@H]1O[C@@H](n2cc(F)c(N)nc2=O)C(O)(CF)[C@H]1O. The van der Waals surface area contributed by atoms with Crippen LogP contribution in [0.2, 0.25) is 0 Å². The topological polar surface area (TPSA) is 270 Å². The van der Waals surface area contributed by atoms with Gasteiger partial charge in [-0.05, 0) is 6.92 Å². The van der Waals surface area contributed by atoms with Gasteiger partial charge >= 0.3 is 29.2 Å². The second kappa shape index (κ2) is 9.47. The van der Waals surface area contributed by atoms with Crippen LogP contribution in [-0.4, -0.2) is 69.9 Å². The van der Waals surface area contributed by atoms with Crippen molar-refractivity contribution in [2.75, 3.05) is 12.4 Å². The zero-order chi connectivity index (χ0) is 25.6. The molecule has 22 heteroatoms. The highest BCUT2D eigenvalue weighted by atomic mass is 31.3. The molecule has 33 heavy (non-hydrogen) atoms. The molecule has 1 aromatic rings. The molecule has 0 aromatic carbocycles. The monoisotopic (exact) mass is 547 g/mol. The summed E-state index contributed by atoms with van der Waals surface area (Å²) in [5.74, 6) is -2.12. The summed E-state index contributed by atoms with van der Waals surface area (Å²) >= 11 is 0. The number of anilines is 1. The van der Waals surface area contributed by atoms with Crippen molar-refractivity contribution in [1.29, 1.82) is 0 Å². The predicted octanol–water partition coefficient (Wildman–Crippen LogP) is -1.34. The third-order valence-corrected chi connectivity index (χ3v) is 8.04. The molecule has 1 saturated heterocycles. The number of aliphatic hydroxyl groups is 2. The molecule has 2 heterocycles. The van der Waals surface area contributed by atoms with Gasteiger partial charge in [-0.15, -0.1) is 0 Å². The number of alkyl halides is 1. The third-order valence-electron chi connectivity index (χ3n) is 4.12. The third kappa shape index (κ3) is 6.49. The fourth-order valence-corrected chi connectivity index (χ4v) is 5.99. The van der Waals surface area contributed by atoms with Gasteiger partial charge in [0.05, 0.1) is 12.3 Å². The maximum Gasteiger partial charge on any atom is 0.490 e. The normalized spacial score (nSPS) is 30.5. The molecule has 1 aliphatic rings. The maximum atomic E-state index is 13.7. The van der Waals surface area contributed by atoms with Gasteiger partial charge in [-0.1, -0.05) is 0 Å². The van der Waals surface area contributed by atoms with Crippen LogP contribution in [0, 0.1) is 5.82 Å². The van der Waals surface area contributed by atoms with Crippen LogP contribution < -0.4 is 11.4 Å². The number of hydrogen-bond donors (Lipinski definition) is 7. The Kier molecular flexibility index (Phi) is 8.05. The predicted molar refractivity (Wildman–Crippen MR) is 98.1 cm³/mol. The van der Waals surface area contributed by atoms with E-state index in [1.54, 1.807) is 0 Å². The summed E-state index contributed by atoms with van der Waals surface area (Å²) in [4.78, 5) is 50.8. The molecular weight excluding hydrogens is 529 g/mol. The minimum absolute atomic E-state index is 0.242. The van der Waals surface area contributed by atoms with Crippen LogP contribution in [-0.2, 0) is 31.6 Å². The molecule has 1 aliphatic heterocycles. The van der Waals surface area contributed by atoms with E-state index in [1.165, 1.54) is 0 Å². The zero-order valence-corrected chi connectivity index (χ0v) is 18.8. The minimum Gasteiger partial charge on any atom is -0.387 e. The van der Waals surface area contributed by atoms with E-state index in [4.69, 9.17) is 25.2 Å². The Labute approximate surface area is 181 Å². The Morgan fingerprint density at radius 3 is 2.36 bits per heavy atom. The van der Waals surface area contributed by atoms with Crippen molar-refractivity contribution in [1.82, 2.24) is 9.55 Å². The Morgan fingerprint density at radius 1 is 1.27 bits per heavy atom. The van der Waals surface area contributed by atoms with Gasteiger partial charge < -0.3 is 40.3 Å². The Hall–Kier alpha value is -1.17. The Morgan fingerprint density at radius 2 is 1.85 bits per heavy atom.